The number of rotatable bonds is 14. The fraction of sp³-hybridized carbons (Fsp3) is 0.343. The molecule has 1 heterocycles. The van der Waals surface area contributed by atoms with E-state index in [0.717, 1.165) is 23.1 Å². The molecule has 1 atom stereocenters. The Bertz CT molecular complexity index is 1590. The number of aromatic nitrogens is 1. The van der Waals surface area contributed by atoms with Crippen LogP contribution in [0.1, 0.15) is 53.9 Å². The van der Waals surface area contributed by atoms with E-state index in [1.54, 1.807) is 42.0 Å². The van der Waals surface area contributed by atoms with Crippen molar-refractivity contribution in [3.05, 3.63) is 94.1 Å². The second kappa shape index (κ2) is 15.4. The first-order chi connectivity index (χ1) is 21.2. The summed E-state index contributed by atoms with van der Waals surface area (Å²) in [6, 6.07) is 19.7. The summed E-state index contributed by atoms with van der Waals surface area (Å²) in [5.41, 5.74) is 3.54. The molecule has 0 aliphatic carbocycles. The average Bonchev–Trinajstić information content (AvgIpc) is 3.30. The van der Waals surface area contributed by atoms with E-state index >= 15 is 0 Å². The third-order valence-corrected chi connectivity index (χ3v) is 7.80. The minimum absolute atomic E-state index is 0.00977. The number of carbonyl (C=O) groups is 3. The van der Waals surface area contributed by atoms with Gasteiger partial charge in [-0.25, -0.2) is 0 Å². The lowest BCUT2D eigenvalue weighted by Crippen LogP contribution is -2.15. The van der Waals surface area contributed by atoms with Gasteiger partial charge in [0.2, 0.25) is 0 Å². The minimum atomic E-state index is -0.386. The molecule has 3 aromatic carbocycles. The van der Waals surface area contributed by atoms with Crippen molar-refractivity contribution < 1.29 is 33.3 Å². The molecule has 0 aliphatic rings. The highest BCUT2D eigenvalue weighted by Gasteiger charge is 2.22. The average molecular weight is 620 g/mol. The summed E-state index contributed by atoms with van der Waals surface area (Å²) >= 11 is 6.02. The number of fused-ring (bicyclic) bond motifs is 1. The van der Waals surface area contributed by atoms with Crippen molar-refractivity contribution in [2.24, 2.45) is 5.92 Å². The van der Waals surface area contributed by atoms with Crippen molar-refractivity contribution in [1.29, 1.82) is 0 Å². The zero-order chi connectivity index (χ0) is 31.6. The summed E-state index contributed by atoms with van der Waals surface area (Å²) in [5, 5.41) is 1.30. The fourth-order valence-electron chi connectivity index (χ4n) is 4.76. The van der Waals surface area contributed by atoms with Crippen molar-refractivity contribution in [2.45, 2.75) is 46.5 Å². The Morgan fingerprint density at radius 3 is 2.27 bits per heavy atom. The standard InChI is InChI=1S/C35H38ClNO7/c1-5-23(2)35(40)44-19-6-18-42-28-13-7-25(8-14-28)17-20-43-33(38)22-30-24(3)37(32-16-15-29(41-4)21-31(30)32)34(39)26-9-11-27(36)12-10-26/h7-16,21,23H,5-6,17-20,22H2,1-4H3. The molecule has 0 bridgehead atoms. The Morgan fingerprint density at radius 1 is 0.886 bits per heavy atom. The van der Waals surface area contributed by atoms with Crippen LogP contribution in [0.25, 0.3) is 10.9 Å². The summed E-state index contributed by atoms with van der Waals surface area (Å²) in [5.74, 6) is 0.475. The van der Waals surface area contributed by atoms with Gasteiger partial charge in [-0.2, -0.15) is 0 Å². The number of methoxy groups -OCH3 is 1. The zero-order valence-corrected chi connectivity index (χ0v) is 26.3. The monoisotopic (exact) mass is 619 g/mol. The van der Waals surface area contributed by atoms with Crippen LogP contribution in [0.5, 0.6) is 11.5 Å². The van der Waals surface area contributed by atoms with Gasteiger partial charge in [0.1, 0.15) is 11.5 Å². The van der Waals surface area contributed by atoms with Gasteiger partial charge >= 0.3 is 11.9 Å². The van der Waals surface area contributed by atoms with Crippen LogP contribution in [-0.4, -0.2) is 49.3 Å². The van der Waals surface area contributed by atoms with Crippen LogP contribution >= 0.6 is 11.6 Å². The van der Waals surface area contributed by atoms with Gasteiger partial charge < -0.3 is 18.9 Å². The van der Waals surface area contributed by atoms with Gasteiger partial charge in [0.15, 0.2) is 0 Å². The SMILES string of the molecule is CCC(C)C(=O)OCCCOc1ccc(CCOC(=O)Cc2c(C)n(C(=O)c3ccc(Cl)cc3)c3ccc(OC)cc23)cc1. The summed E-state index contributed by atoms with van der Waals surface area (Å²) in [6.07, 6.45) is 1.92. The Morgan fingerprint density at radius 2 is 1.59 bits per heavy atom. The first-order valence-electron chi connectivity index (χ1n) is 14.7. The van der Waals surface area contributed by atoms with Gasteiger partial charge in [-0.3, -0.25) is 19.0 Å². The summed E-state index contributed by atoms with van der Waals surface area (Å²) in [6.45, 7) is 6.62. The fourth-order valence-corrected chi connectivity index (χ4v) is 4.88. The van der Waals surface area contributed by atoms with E-state index in [1.165, 1.54) is 0 Å². The molecule has 232 valence electrons. The quantitative estimate of drug-likeness (QED) is 0.111. The molecule has 1 unspecified atom stereocenters. The molecule has 1 aromatic heterocycles. The minimum Gasteiger partial charge on any atom is -0.497 e. The Balaban J connectivity index is 1.32. The van der Waals surface area contributed by atoms with E-state index in [-0.39, 0.29) is 36.8 Å². The number of benzene rings is 3. The first kappa shape index (κ1) is 32.6. The highest BCUT2D eigenvalue weighted by Crippen LogP contribution is 2.31. The highest BCUT2D eigenvalue weighted by molar-refractivity contribution is 6.30. The molecule has 0 aliphatic heterocycles. The predicted octanol–water partition coefficient (Wildman–Crippen LogP) is 6.99. The smallest absolute Gasteiger partial charge is 0.310 e. The van der Waals surface area contributed by atoms with E-state index in [1.807, 2.05) is 57.2 Å². The van der Waals surface area contributed by atoms with Crippen LogP contribution in [0.15, 0.2) is 66.7 Å². The molecule has 0 N–H and O–H groups in total. The van der Waals surface area contributed by atoms with Gasteiger partial charge in [0, 0.05) is 34.5 Å². The van der Waals surface area contributed by atoms with Crippen LogP contribution in [0.2, 0.25) is 5.02 Å². The Kier molecular flexibility index (Phi) is 11.4. The van der Waals surface area contributed by atoms with Crippen molar-refractivity contribution in [2.75, 3.05) is 26.9 Å². The molecule has 0 amide bonds. The molecule has 0 spiro atoms. The van der Waals surface area contributed by atoms with E-state index in [2.05, 4.69) is 0 Å². The van der Waals surface area contributed by atoms with Gasteiger partial charge in [0.05, 0.1) is 44.8 Å². The van der Waals surface area contributed by atoms with Crippen LogP contribution in [0.3, 0.4) is 0 Å². The molecule has 4 rings (SSSR count). The molecule has 0 fully saturated rings. The number of esters is 2. The molecular formula is C35H38ClNO7. The van der Waals surface area contributed by atoms with Gasteiger partial charge in [0.25, 0.3) is 5.91 Å². The number of nitrogens with zero attached hydrogens (tertiary/aromatic N) is 1. The van der Waals surface area contributed by atoms with Crippen molar-refractivity contribution in [3.8, 4) is 11.5 Å². The molecule has 8 nitrogen and oxygen atoms in total. The van der Waals surface area contributed by atoms with Crippen molar-refractivity contribution in [3.63, 3.8) is 0 Å². The lowest BCUT2D eigenvalue weighted by Gasteiger charge is -2.10. The van der Waals surface area contributed by atoms with Gasteiger partial charge in [-0.1, -0.05) is 37.6 Å². The van der Waals surface area contributed by atoms with Crippen molar-refractivity contribution in [1.82, 2.24) is 4.57 Å². The number of ether oxygens (including phenoxy) is 4. The normalized spacial score (nSPS) is 11.7. The van der Waals surface area contributed by atoms with Crippen LogP contribution < -0.4 is 9.47 Å². The largest absolute Gasteiger partial charge is 0.497 e. The molecule has 9 heteroatoms. The number of hydrogen-bond acceptors (Lipinski definition) is 7. The molecule has 0 radical (unpaired) electrons. The molecule has 0 saturated carbocycles. The third kappa shape index (κ3) is 8.20. The second-order valence-corrected chi connectivity index (χ2v) is 11.0. The summed E-state index contributed by atoms with van der Waals surface area (Å²) < 4.78 is 23.6. The number of hydrogen-bond donors (Lipinski definition) is 0. The van der Waals surface area contributed by atoms with E-state index < -0.39 is 0 Å². The van der Waals surface area contributed by atoms with Crippen molar-refractivity contribution >= 4 is 40.3 Å². The second-order valence-electron chi connectivity index (χ2n) is 10.6. The number of carbonyl (C=O) groups excluding carboxylic acids is 3. The lowest BCUT2D eigenvalue weighted by atomic mass is 10.1. The van der Waals surface area contributed by atoms with E-state index in [0.29, 0.717) is 59.2 Å². The van der Waals surface area contributed by atoms with Crippen LogP contribution in [-0.2, 0) is 31.9 Å². The van der Waals surface area contributed by atoms with Gasteiger partial charge in [-0.15, -0.1) is 0 Å². The summed E-state index contributed by atoms with van der Waals surface area (Å²) in [4.78, 5) is 38.2. The molecule has 4 aromatic rings. The molecular weight excluding hydrogens is 582 g/mol. The summed E-state index contributed by atoms with van der Waals surface area (Å²) in [7, 11) is 1.57. The van der Waals surface area contributed by atoms with Crippen LogP contribution in [0, 0.1) is 12.8 Å². The zero-order valence-electron chi connectivity index (χ0n) is 25.6. The maximum Gasteiger partial charge on any atom is 0.310 e. The van der Waals surface area contributed by atoms with E-state index in [9.17, 15) is 14.4 Å². The van der Waals surface area contributed by atoms with E-state index in [4.69, 9.17) is 30.5 Å². The van der Waals surface area contributed by atoms with Crippen LogP contribution in [0.4, 0.5) is 0 Å². The Hall–Kier alpha value is -4.30. The molecule has 0 saturated heterocycles. The Labute approximate surface area is 262 Å². The maximum absolute atomic E-state index is 13.5. The van der Waals surface area contributed by atoms with Gasteiger partial charge in [-0.05, 0) is 79.1 Å². The maximum atomic E-state index is 13.5. The highest BCUT2D eigenvalue weighted by atomic mass is 35.5. The third-order valence-electron chi connectivity index (χ3n) is 7.55. The number of halogens is 1. The topological polar surface area (TPSA) is 93.1 Å². The molecule has 44 heavy (non-hydrogen) atoms. The lowest BCUT2D eigenvalue weighted by molar-refractivity contribution is -0.148. The first-order valence-corrected chi connectivity index (χ1v) is 15.1. The predicted molar refractivity (Wildman–Crippen MR) is 170 cm³/mol.